The summed E-state index contributed by atoms with van der Waals surface area (Å²) in [6, 6.07) is 0. The van der Waals surface area contributed by atoms with Crippen molar-refractivity contribution in [3.05, 3.63) is 0 Å². The molecule has 2 fully saturated rings. The van der Waals surface area contributed by atoms with Gasteiger partial charge in [-0.1, -0.05) is 79.1 Å². The molecule has 0 amide bonds. The van der Waals surface area contributed by atoms with Crippen molar-refractivity contribution in [1.82, 2.24) is 0 Å². The molecular weight excluding hydrogens is 312 g/mol. The minimum Gasteiger partial charge on any atom is -0.370 e. The van der Waals surface area contributed by atoms with Gasteiger partial charge in [-0.2, -0.15) is 0 Å². The molecule has 25 heavy (non-hydrogen) atoms. The van der Waals surface area contributed by atoms with Crippen LogP contribution in [0.3, 0.4) is 0 Å². The molecule has 6 atom stereocenters. The van der Waals surface area contributed by atoms with Crippen LogP contribution in [0.5, 0.6) is 0 Å². The molecule has 6 unspecified atom stereocenters. The van der Waals surface area contributed by atoms with Crippen molar-refractivity contribution < 1.29 is 14.2 Å². The van der Waals surface area contributed by atoms with Gasteiger partial charge in [-0.15, -0.1) is 0 Å². The van der Waals surface area contributed by atoms with Crippen LogP contribution in [0, 0.1) is 11.8 Å². The number of epoxide rings is 2. The van der Waals surface area contributed by atoms with Gasteiger partial charge in [-0.05, 0) is 24.7 Å². The number of unbranched alkanes of at least 4 members (excludes halogenated alkanes) is 4. The zero-order valence-corrected chi connectivity index (χ0v) is 17.2. The first-order chi connectivity index (χ1) is 12.2. The Morgan fingerprint density at radius 1 is 0.720 bits per heavy atom. The minimum atomic E-state index is 0.274. The lowest BCUT2D eigenvalue weighted by Crippen LogP contribution is -2.39. The van der Waals surface area contributed by atoms with Gasteiger partial charge in [0, 0.05) is 0 Å². The minimum absolute atomic E-state index is 0.274. The van der Waals surface area contributed by atoms with Crippen LogP contribution in [0.1, 0.15) is 91.9 Å². The van der Waals surface area contributed by atoms with Crippen molar-refractivity contribution in [2.45, 2.75) is 116 Å². The van der Waals surface area contributed by atoms with Crippen molar-refractivity contribution in [3.8, 4) is 0 Å². The highest BCUT2D eigenvalue weighted by atomic mass is 16.6. The zero-order chi connectivity index (χ0) is 18.1. The first-order valence-electron chi connectivity index (χ1n) is 11.1. The molecule has 0 bridgehead atoms. The Hall–Kier alpha value is -0.120. The summed E-state index contributed by atoms with van der Waals surface area (Å²) in [7, 11) is 0. The second-order valence-electron chi connectivity index (χ2n) is 8.14. The van der Waals surface area contributed by atoms with Gasteiger partial charge in [0.1, 0.15) is 12.2 Å². The molecule has 0 spiro atoms. The molecule has 0 N–H and O–H groups in total. The summed E-state index contributed by atoms with van der Waals surface area (Å²) in [6.07, 6.45) is 14.0. The Bertz CT molecular complexity index is 306. The molecule has 148 valence electrons. The average molecular weight is 355 g/mol. The highest BCUT2D eigenvalue weighted by molar-refractivity contribution is 4.91. The number of hydrogen-bond donors (Lipinski definition) is 0. The Kier molecular flexibility index (Phi) is 9.80. The van der Waals surface area contributed by atoms with E-state index in [4.69, 9.17) is 14.2 Å². The van der Waals surface area contributed by atoms with Crippen molar-refractivity contribution in [3.63, 3.8) is 0 Å². The van der Waals surface area contributed by atoms with Crippen LogP contribution in [-0.2, 0) is 14.2 Å². The van der Waals surface area contributed by atoms with Gasteiger partial charge in [-0.3, -0.25) is 0 Å². The highest BCUT2D eigenvalue weighted by Crippen LogP contribution is 2.36. The zero-order valence-electron chi connectivity index (χ0n) is 17.2. The van der Waals surface area contributed by atoms with Gasteiger partial charge >= 0.3 is 0 Å². The molecular formula is C22H42O3. The standard InChI is InChI=1S/C22H42O3/c1-5-9-11-13-17(7-3)21(19-15-23-19)25-22(20-16-24-20)18(8-4)14-12-10-6-2/h17-22H,5-16H2,1-4H3. The number of hydrogen-bond acceptors (Lipinski definition) is 3. The summed E-state index contributed by atoms with van der Waals surface area (Å²) < 4.78 is 18.2. The summed E-state index contributed by atoms with van der Waals surface area (Å²) in [5.41, 5.74) is 0. The van der Waals surface area contributed by atoms with E-state index in [2.05, 4.69) is 27.7 Å². The molecule has 0 radical (unpaired) electrons. The SMILES string of the molecule is CCCCCC(CC)C(OC(C(CC)CCCCC)C1CO1)C1CO1. The molecule has 0 saturated carbocycles. The Balaban J connectivity index is 1.95. The first kappa shape index (κ1) is 21.2. The van der Waals surface area contributed by atoms with E-state index < -0.39 is 0 Å². The van der Waals surface area contributed by atoms with Gasteiger partial charge in [0.05, 0.1) is 25.4 Å². The van der Waals surface area contributed by atoms with Crippen LogP contribution < -0.4 is 0 Å². The third-order valence-corrected chi connectivity index (χ3v) is 6.10. The predicted molar refractivity (Wildman–Crippen MR) is 104 cm³/mol. The van der Waals surface area contributed by atoms with Crippen molar-refractivity contribution >= 4 is 0 Å². The molecule has 2 rings (SSSR count). The monoisotopic (exact) mass is 354 g/mol. The second-order valence-corrected chi connectivity index (χ2v) is 8.14. The fraction of sp³-hybridized carbons (Fsp3) is 1.00. The van der Waals surface area contributed by atoms with E-state index in [9.17, 15) is 0 Å². The summed E-state index contributed by atoms with van der Waals surface area (Å²) in [5.74, 6) is 1.27. The van der Waals surface area contributed by atoms with Gasteiger partial charge in [0.25, 0.3) is 0 Å². The molecule has 3 nitrogen and oxygen atoms in total. The Morgan fingerprint density at radius 2 is 1.12 bits per heavy atom. The largest absolute Gasteiger partial charge is 0.370 e. The average Bonchev–Trinajstić information content (AvgIpc) is 3.51. The molecule has 0 aromatic heterocycles. The van der Waals surface area contributed by atoms with Crippen molar-refractivity contribution in [2.75, 3.05) is 13.2 Å². The molecule has 0 aliphatic carbocycles. The van der Waals surface area contributed by atoms with Gasteiger partial charge in [-0.25, -0.2) is 0 Å². The lowest BCUT2D eigenvalue weighted by Gasteiger charge is -2.33. The summed E-state index contributed by atoms with van der Waals surface area (Å²) in [6.45, 7) is 11.0. The van der Waals surface area contributed by atoms with E-state index in [-0.39, 0.29) is 12.2 Å². The summed E-state index contributed by atoms with van der Waals surface area (Å²) >= 11 is 0. The van der Waals surface area contributed by atoms with Gasteiger partial charge < -0.3 is 14.2 Å². The van der Waals surface area contributed by atoms with Crippen LogP contribution in [-0.4, -0.2) is 37.6 Å². The Morgan fingerprint density at radius 3 is 1.40 bits per heavy atom. The fourth-order valence-corrected chi connectivity index (χ4v) is 4.19. The summed E-state index contributed by atoms with van der Waals surface area (Å²) in [5, 5.41) is 0. The molecule has 2 aliphatic heterocycles. The maximum Gasteiger partial charge on any atom is 0.107 e. The van der Waals surface area contributed by atoms with Crippen LogP contribution in [0.15, 0.2) is 0 Å². The smallest absolute Gasteiger partial charge is 0.107 e. The van der Waals surface area contributed by atoms with Crippen molar-refractivity contribution in [2.24, 2.45) is 11.8 Å². The third-order valence-electron chi connectivity index (χ3n) is 6.10. The topological polar surface area (TPSA) is 34.3 Å². The van der Waals surface area contributed by atoms with Crippen LogP contribution in [0.2, 0.25) is 0 Å². The van der Waals surface area contributed by atoms with Gasteiger partial charge in [0.15, 0.2) is 0 Å². The van der Waals surface area contributed by atoms with E-state index in [1.165, 1.54) is 64.2 Å². The van der Waals surface area contributed by atoms with E-state index in [0.29, 0.717) is 24.0 Å². The summed E-state index contributed by atoms with van der Waals surface area (Å²) in [4.78, 5) is 0. The van der Waals surface area contributed by atoms with E-state index >= 15 is 0 Å². The lowest BCUT2D eigenvalue weighted by atomic mass is 9.88. The Labute approximate surface area is 156 Å². The second kappa shape index (κ2) is 11.6. The molecule has 3 heteroatoms. The van der Waals surface area contributed by atoms with Crippen LogP contribution in [0.25, 0.3) is 0 Å². The molecule has 2 aliphatic rings. The van der Waals surface area contributed by atoms with Crippen LogP contribution >= 0.6 is 0 Å². The van der Waals surface area contributed by atoms with Crippen LogP contribution in [0.4, 0.5) is 0 Å². The fourth-order valence-electron chi connectivity index (χ4n) is 4.19. The quantitative estimate of drug-likeness (QED) is 0.261. The lowest BCUT2D eigenvalue weighted by molar-refractivity contribution is -0.0939. The number of rotatable bonds is 16. The highest BCUT2D eigenvalue weighted by Gasteiger charge is 2.45. The maximum absolute atomic E-state index is 6.82. The number of ether oxygens (including phenoxy) is 3. The van der Waals surface area contributed by atoms with Crippen molar-refractivity contribution in [1.29, 1.82) is 0 Å². The van der Waals surface area contributed by atoms with E-state index in [1.54, 1.807) is 0 Å². The van der Waals surface area contributed by atoms with E-state index in [0.717, 1.165) is 13.2 Å². The molecule has 0 aromatic rings. The first-order valence-corrected chi connectivity index (χ1v) is 11.1. The maximum atomic E-state index is 6.82. The van der Waals surface area contributed by atoms with E-state index in [1.807, 2.05) is 0 Å². The predicted octanol–water partition coefficient (Wildman–Crippen LogP) is 5.75. The molecule has 2 saturated heterocycles. The normalized spacial score (nSPS) is 26.9. The van der Waals surface area contributed by atoms with Gasteiger partial charge in [0.2, 0.25) is 0 Å². The third kappa shape index (κ3) is 7.19. The molecule has 0 aromatic carbocycles. The molecule has 2 heterocycles.